The molecule has 0 aliphatic heterocycles. The minimum atomic E-state index is 0.648. The Hall–Kier alpha value is -3.64. The van der Waals surface area contributed by atoms with Gasteiger partial charge in [0.15, 0.2) is 0 Å². The van der Waals surface area contributed by atoms with Gasteiger partial charge < -0.3 is 0 Å². The maximum Gasteiger partial charge on any atom is 0.0991 e. The van der Waals surface area contributed by atoms with Crippen LogP contribution in [-0.4, -0.2) is 9.78 Å². The Morgan fingerprint density at radius 3 is 2.00 bits per heavy atom. The van der Waals surface area contributed by atoms with Crippen molar-refractivity contribution in [2.24, 2.45) is 0 Å². The van der Waals surface area contributed by atoms with Crippen LogP contribution in [0.5, 0.6) is 0 Å². The second-order valence-corrected chi connectivity index (χ2v) is 5.72. The molecule has 25 heavy (non-hydrogen) atoms. The molecule has 4 rings (SSSR count). The van der Waals surface area contributed by atoms with E-state index in [-0.39, 0.29) is 0 Å². The third-order valence-corrected chi connectivity index (χ3v) is 4.09. The molecule has 0 saturated carbocycles. The quantitative estimate of drug-likeness (QED) is 0.528. The number of aromatic nitrogens is 2. The molecule has 0 N–H and O–H groups in total. The smallest absolute Gasteiger partial charge is 0.0991 e. The molecule has 0 bridgehead atoms. The maximum atomic E-state index is 8.97. The van der Waals surface area contributed by atoms with Gasteiger partial charge in [-0.25, -0.2) is 4.68 Å². The Morgan fingerprint density at radius 2 is 1.36 bits per heavy atom. The fraction of sp³-hybridized carbons (Fsp3) is 0. The molecule has 0 saturated heterocycles. The van der Waals surface area contributed by atoms with Gasteiger partial charge in [0.1, 0.15) is 0 Å². The predicted molar refractivity (Wildman–Crippen MR) is 99.2 cm³/mol. The molecule has 0 atom stereocenters. The predicted octanol–water partition coefficient (Wildman–Crippen LogP) is 5.08. The molecule has 0 aliphatic rings. The van der Waals surface area contributed by atoms with Gasteiger partial charge in [0.2, 0.25) is 0 Å². The Kier molecular flexibility index (Phi) is 3.86. The number of nitrogens with zero attached hydrogens (tertiary/aromatic N) is 3. The molecular formula is C22H15N3. The highest BCUT2D eigenvalue weighted by atomic mass is 15.3. The van der Waals surface area contributed by atoms with Gasteiger partial charge in [-0.05, 0) is 30.3 Å². The van der Waals surface area contributed by atoms with Crippen LogP contribution < -0.4 is 0 Å². The highest BCUT2D eigenvalue weighted by Crippen LogP contribution is 2.28. The summed E-state index contributed by atoms with van der Waals surface area (Å²) in [6.07, 6.45) is 0. The van der Waals surface area contributed by atoms with E-state index in [2.05, 4.69) is 24.3 Å². The average molecular weight is 321 g/mol. The third-order valence-electron chi connectivity index (χ3n) is 4.09. The molecule has 0 radical (unpaired) electrons. The zero-order valence-corrected chi connectivity index (χ0v) is 13.5. The lowest BCUT2D eigenvalue weighted by Crippen LogP contribution is -1.98. The Bertz CT molecular complexity index is 967. The lowest BCUT2D eigenvalue weighted by molar-refractivity contribution is 0.892. The first kappa shape index (κ1) is 14.9. The summed E-state index contributed by atoms with van der Waals surface area (Å²) in [5, 5.41) is 13.8. The number of para-hydroxylation sites is 1. The third kappa shape index (κ3) is 2.93. The molecule has 0 unspecified atom stereocenters. The van der Waals surface area contributed by atoms with Gasteiger partial charge in [-0.3, -0.25) is 0 Å². The SMILES string of the molecule is N#Cc1ccc(-c2cc(-c3ccccc3)n(-c3ccccc3)n2)cc1. The molecule has 0 amide bonds. The monoisotopic (exact) mass is 321 g/mol. The van der Waals surface area contributed by atoms with E-state index >= 15 is 0 Å². The number of hydrogen-bond donors (Lipinski definition) is 0. The van der Waals surface area contributed by atoms with Crippen LogP contribution in [0, 0.1) is 11.3 Å². The normalized spacial score (nSPS) is 10.4. The molecule has 4 aromatic rings. The molecule has 118 valence electrons. The number of hydrogen-bond acceptors (Lipinski definition) is 2. The van der Waals surface area contributed by atoms with Crippen LogP contribution in [0.1, 0.15) is 5.56 Å². The van der Waals surface area contributed by atoms with Crippen LogP contribution in [0.2, 0.25) is 0 Å². The van der Waals surface area contributed by atoms with E-state index in [1.165, 1.54) is 0 Å². The fourth-order valence-electron chi connectivity index (χ4n) is 2.82. The number of benzene rings is 3. The van der Waals surface area contributed by atoms with Gasteiger partial charge in [0.05, 0.1) is 28.7 Å². The summed E-state index contributed by atoms with van der Waals surface area (Å²) >= 11 is 0. The minimum Gasteiger partial charge on any atom is -0.232 e. The van der Waals surface area contributed by atoms with E-state index in [0.29, 0.717) is 5.56 Å². The van der Waals surface area contributed by atoms with Crippen LogP contribution in [0.25, 0.3) is 28.2 Å². The van der Waals surface area contributed by atoms with Crippen LogP contribution in [-0.2, 0) is 0 Å². The summed E-state index contributed by atoms with van der Waals surface area (Å²) in [7, 11) is 0. The van der Waals surface area contributed by atoms with Gasteiger partial charge in [0, 0.05) is 11.1 Å². The van der Waals surface area contributed by atoms with Crippen molar-refractivity contribution in [2.75, 3.05) is 0 Å². The summed E-state index contributed by atoms with van der Waals surface area (Å²) in [6.45, 7) is 0. The summed E-state index contributed by atoms with van der Waals surface area (Å²) < 4.78 is 1.96. The second kappa shape index (κ2) is 6.46. The van der Waals surface area contributed by atoms with E-state index in [0.717, 1.165) is 28.2 Å². The summed E-state index contributed by atoms with van der Waals surface area (Å²) in [5.74, 6) is 0. The first-order chi connectivity index (χ1) is 12.3. The summed E-state index contributed by atoms with van der Waals surface area (Å²) in [5.41, 5.74) is 5.68. The zero-order chi connectivity index (χ0) is 17.1. The van der Waals surface area contributed by atoms with Crippen molar-refractivity contribution in [1.82, 2.24) is 9.78 Å². The summed E-state index contributed by atoms with van der Waals surface area (Å²) in [4.78, 5) is 0. The second-order valence-electron chi connectivity index (χ2n) is 5.72. The Balaban J connectivity index is 1.87. The largest absolute Gasteiger partial charge is 0.232 e. The van der Waals surface area contributed by atoms with Crippen molar-refractivity contribution in [1.29, 1.82) is 5.26 Å². The zero-order valence-electron chi connectivity index (χ0n) is 13.5. The van der Waals surface area contributed by atoms with E-state index in [4.69, 9.17) is 10.4 Å². The van der Waals surface area contributed by atoms with Gasteiger partial charge in [0.25, 0.3) is 0 Å². The highest BCUT2D eigenvalue weighted by molar-refractivity contribution is 5.70. The van der Waals surface area contributed by atoms with Crippen molar-refractivity contribution in [3.63, 3.8) is 0 Å². The number of nitriles is 1. The number of rotatable bonds is 3. The molecule has 0 spiro atoms. The highest BCUT2D eigenvalue weighted by Gasteiger charge is 2.12. The van der Waals surface area contributed by atoms with Crippen LogP contribution >= 0.6 is 0 Å². The van der Waals surface area contributed by atoms with Crippen molar-refractivity contribution in [3.05, 3.63) is 96.6 Å². The first-order valence-electron chi connectivity index (χ1n) is 8.06. The van der Waals surface area contributed by atoms with Crippen LogP contribution in [0.4, 0.5) is 0 Å². The van der Waals surface area contributed by atoms with E-state index in [1.807, 2.05) is 77.5 Å². The molecule has 1 aromatic heterocycles. The molecule has 0 fully saturated rings. The lowest BCUT2D eigenvalue weighted by Gasteiger charge is -2.07. The summed E-state index contributed by atoms with van der Waals surface area (Å²) in [6, 6.07) is 32.1. The van der Waals surface area contributed by atoms with Gasteiger partial charge in [-0.1, -0.05) is 60.7 Å². The van der Waals surface area contributed by atoms with E-state index < -0.39 is 0 Å². The fourth-order valence-corrected chi connectivity index (χ4v) is 2.82. The Morgan fingerprint density at radius 1 is 0.720 bits per heavy atom. The molecule has 3 nitrogen and oxygen atoms in total. The molecule has 0 aliphatic carbocycles. The van der Waals surface area contributed by atoms with Gasteiger partial charge in [-0.15, -0.1) is 0 Å². The van der Waals surface area contributed by atoms with Crippen molar-refractivity contribution < 1.29 is 0 Å². The van der Waals surface area contributed by atoms with Crippen LogP contribution in [0.3, 0.4) is 0 Å². The minimum absolute atomic E-state index is 0.648. The molecule has 3 heteroatoms. The lowest BCUT2D eigenvalue weighted by atomic mass is 10.1. The standard InChI is InChI=1S/C22H15N3/c23-16-17-11-13-18(14-12-17)21-15-22(19-7-3-1-4-8-19)25(24-21)20-9-5-2-6-10-20/h1-15H. The van der Waals surface area contributed by atoms with Crippen molar-refractivity contribution in [3.8, 4) is 34.3 Å². The van der Waals surface area contributed by atoms with Crippen molar-refractivity contribution >= 4 is 0 Å². The van der Waals surface area contributed by atoms with E-state index in [9.17, 15) is 0 Å². The molecule has 3 aromatic carbocycles. The van der Waals surface area contributed by atoms with E-state index in [1.54, 1.807) is 0 Å². The Labute approximate surface area is 146 Å². The average Bonchev–Trinajstić information content (AvgIpc) is 3.15. The van der Waals surface area contributed by atoms with Gasteiger partial charge in [-0.2, -0.15) is 10.4 Å². The van der Waals surface area contributed by atoms with Crippen LogP contribution in [0.15, 0.2) is 91.0 Å². The molecule has 1 heterocycles. The maximum absolute atomic E-state index is 8.97. The van der Waals surface area contributed by atoms with Crippen molar-refractivity contribution in [2.45, 2.75) is 0 Å². The topological polar surface area (TPSA) is 41.6 Å². The molecular weight excluding hydrogens is 306 g/mol. The first-order valence-corrected chi connectivity index (χ1v) is 8.06. The van der Waals surface area contributed by atoms with Gasteiger partial charge >= 0.3 is 0 Å².